The van der Waals surface area contributed by atoms with Crippen LogP contribution in [0.4, 0.5) is 0 Å². The quantitative estimate of drug-likeness (QED) is 0.625. The van der Waals surface area contributed by atoms with Crippen LogP contribution in [0.25, 0.3) is 0 Å². The minimum absolute atomic E-state index is 0.144. The van der Waals surface area contributed by atoms with Gasteiger partial charge < -0.3 is 10.4 Å². The summed E-state index contributed by atoms with van der Waals surface area (Å²) < 4.78 is 25.7. The summed E-state index contributed by atoms with van der Waals surface area (Å²) in [4.78, 5) is 0. The molecule has 0 aromatic rings. The second kappa shape index (κ2) is 6.34. The summed E-state index contributed by atoms with van der Waals surface area (Å²) in [5.74, 6) is 0. The number of aliphatic hydroxyl groups excluding tert-OH is 1. The van der Waals surface area contributed by atoms with Crippen LogP contribution in [0, 0.1) is 0 Å². The van der Waals surface area contributed by atoms with Crippen molar-refractivity contribution in [2.24, 2.45) is 0 Å². The third-order valence-electron chi connectivity index (χ3n) is 2.71. The zero-order valence-electron chi connectivity index (χ0n) is 9.43. The molecule has 0 radical (unpaired) electrons. The number of rotatable bonds is 6. The average Bonchev–Trinajstić information content (AvgIpc) is 2.30. The fourth-order valence-corrected chi connectivity index (χ4v) is 3.73. The van der Waals surface area contributed by atoms with Gasteiger partial charge in [-0.05, 0) is 19.4 Å². The molecule has 16 heavy (non-hydrogen) atoms. The predicted molar refractivity (Wildman–Crippen MR) is 63.7 cm³/mol. The van der Waals surface area contributed by atoms with Crippen LogP contribution in [0.3, 0.4) is 0 Å². The molecule has 6 heteroatoms. The zero-order chi connectivity index (χ0) is 12.0. The Morgan fingerprint density at radius 1 is 1.56 bits per heavy atom. The number of aliphatic hydroxyl groups is 1. The first kappa shape index (κ1) is 13.6. The molecular formula is C10H20N2O3S. The van der Waals surface area contributed by atoms with Crippen LogP contribution in [0.1, 0.15) is 12.8 Å². The van der Waals surface area contributed by atoms with Gasteiger partial charge in [-0.3, -0.25) is 0 Å². The molecule has 1 atom stereocenters. The molecular weight excluding hydrogens is 228 g/mol. The van der Waals surface area contributed by atoms with Gasteiger partial charge in [0, 0.05) is 19.6 Å². The Kier molecular flexibility index (Phi) is 5.40. The summed E-state index contributed by atoms with van der Waals surface area (Å²) in [5, 5.41) is 11.6. The topological polar surface area (TPSA) is 69.6 Å². The van der Waals surface area contributed by atoms with E-state index in [4.69, 9.17) is 5.11 Å². The maximum absolute atomic E-state index is 12.2. The zero-order valence-corrected chi connectivity index (χ0v) is 10.2. The van der Waals surface area contributed by atoms with Crippen molar-refractivity contribution < 1.29 is 13.5 Å². The maximum atomic E-state index is 12.2. The molecule has 1 aliphatic rings. The highest BCUT2D eigenvalue weighted by atomic mass is 32.2. The second-order valence-electron chi connectivity index (χ2n) is 3.88. The third-order valence-corrected chi connectivity index (χ3v) is 5.01. The van der Waals surface area contributed by atoms with Crippen molar-refractivity contribution in [1.29, 1.82) is 0 Å². The van der Waals surface area contributed by atoms with Gasteiger partial charge in [-0.1, -0.05) is 6.08 Å². The Hall–Kier alpha value is -0.430. The molecule has 0 saturated carbocycles. The molecule has 1 aliphatic heterocycles. The summed E-state index contributed by atoms with van der Waals surface area (Å²) in [6.07, 6.45) is 3.11. The summed E-state index contributed by atoms with van der Waals surface area (Å²) in [5.41, 5.74) is 0. The maximum Gasteiger partial charge on any atom is 0.218 e. The number of hydrogen-bond donors (Lipinski definition) is 2. The standard InChI is InChI=1S/C10H20N2O3S/c1-2-6-12(7-8-13)16(14,15)10-4-3-5-11-9-10/h2,10-11,13H,1,3-9H2. The van der Waals surface area contributed by atoms with E-state index >= 15 is 0 Å². The molecule has 0 amide bonds. The Balaban J connectivity index is 2.74. The van der Waals surface area contributed by atoms with E-state index in [-0.39, 0.29) is 24.9 Å². The minimum atomic E-state index is -3.31. The van der Waals surface area contributed by atoms with Crippen LogP contribution in [0.2, 0.25) is 0 Å². The Bertz CT molecular complexity index is 310. The van der Waals surface area contributed by atoms with Gasteiger partial charge in [-0.15, -0.1) is 6.58 Å². The molecule has 0 spiro atoms. The van der Waals surface area contributed by atoms with Crippen molar-refractivity contribution >= 4 is 10.0 Å². The van der Waals surface area contributed by atoms with Crippen LogP contribution >= 0.6 is 0 Å². The number of hydrogen-bond acceptors (Lipinski definition) is 4. The third kappa shape index (κ3) is 3.28. The first-order chi connectivity index (χ1) is 7.62. The van der Waals surface area contributed by atoms with Crippen molar-refractivity contribution in [3.63, 3.8) is 0 Å². The largest absolute Gasteiger partial charge is 0.395 e. The highest BCUT2D eigenvalue weighted by Gasteiger charge is 2.31. The molecule has 0 bridgehead atoms. The van der Waals surface area contributed by atoms with Gasteiger partial charge in [0.25, 0.3) is 0 Å². The van der Waals surface area contributed by atoms with Gasteiger partial charge in [0.2, 0.25) is 10.0 Å². The molecule has 1 rings (SSSR count). The Morgan fingerprint density at radius 2 is 2.31 bits per heavy atom. The fourth-order valence-electron chi connectivity index (χ4n) is 1.86. The van der Waals surface area contributed by atoms with Crippen LogP contribution in [0.5, 0.6) is 0 Å². The lowest BCUT2D eigenvalue weighted by Crippen LogP contribution is -2.47. The molecule has 5 nitrogen and oxygen atoms in total. The normalized spacial score (nSPS) is 22.2. The van der Waals surface area contributed by atoms with Crippen LogP contribution < -0.4 is 5.32 Å². The van der Waals surface area contributed by atoms with E-state index in [2.05, 4.69) is 11.9 Å². The van der Waals surface area contributed by atoms with E-state index in [1.807, 2.05) is 0 Å². The van der Waals surface area contributed by atoms with Gasteiger partial charge in [-0.2, -0.15) is 4.31 Å². The van der Waals surface area contributed by atoms with Gasteiger partial charge in [0.15, 0.2) is 0 Å². The molecule has 0 aromatic heterocycles. The summed E-state index contributed by atoms with van der Waals surface area (Å²) in [6.45, 7) is 5.17. The monoisotopic (exact) mass is 248 g/mol. The summed E-state index contributed by atoms with van der Waals surface area (Å²) >= 11 is 0. The Morgan fingerprint density at radius 3 is 2.81 bits per heavy atom. The molecule has 1 unspecified atom stereocenters. The molecule has 0 aliphatic carbocycles. The van der Waals surface area contributed by atoms with Gasteiger partial charge in [0.05, 0.1) is 11.9 Å². The van der Waals surface area contributed by atoms with Crippen LogP contribution in [-0.4, -0.2) is 55.9 Å². The van der Waals surface area contributed by atoms with Crippen molar-refractivity contribution in [1.82, 2.24) is 9.62 Å². The molecule has 0 aromatic carbocycles. The van der Waals surface area contributed by atoms with Gasteiger partial charge in [0.1, 0.15) is 0 Å². The molecule has 1 fully saturated rings. The van der Waals surface area contributed by atoms with Crippen molar-refractivity contribution in [3.05, 3.63) is 12.7 Å². The average molecular weight is 248 g/mol. The number of sulfonamides is 1. The fraction of sp³-hybridized carbons (Fsp3) is 0.800. The van der Waals surface area contributed by atoms with Crippen molar-refractivity contribution in [3.8, 4) is 0 Å². The van der Waals surface area contributed by atoms with Gasteiger partial charge >= 0.3 is 0 Å². The highest BCUT2D eigenvalue weighted by molar-refractivity contribution is 7.89. The highest BCUT2D eigenvalue weighted by Crippen LogP contribution is 2.16. The van der Waals surface area contributed by atoms with E-state index < -0.39 is 10.0 Å². The number of nitrogens with zero attached hydrogens (tertiary/aromatic N) is 1. The lowest BCUT2D eigenvalue weighted by Gasteiger charge is -2.28. The van der Waals surface area contributed by atoms with E-state index in [9.17, 15) is 8.42 Å². The lowest BCUT2D eigenvalue weighted by atomic mass is 10.2. The van der Waals surface area contributed by atoms with Crippen molar-refractivity contribution in [2.75, 3.05) is 32.8 Å². The summed E-state index contributed by atoms with van der Waals surface area (Å²) in [6, 6.07) is 0. The van der Waals surface area contributed by atoms with E-state index in [0.29, 0.717) is 13.0 Å². The summed E-state index contributed by atoms with van der Waals surface area (Å²) in [7, 11) is -3.31. The van der Waals surface area contributed by atoms with Crippen LogP contribution in [-0.2, 0) is 10.0 Å². The van der Waals surface area contributed by atoms with E-state index in [1.54, 1.807) is 6.08 Å². The SMILES string of the molecule is C=CCN(CCO)S(=O)(=O)C1CCCNC1. The van der Waals surface area contributed by atoms with Gasteiger partial charge in [-0.25, -0.2) is 8.42 Å². The van der Waals surface area contributed by atoms with E-state index in [1.165, 1.54) is 4.31 Å². The molecule has 1 heterocycles. The first-order valence-corrected chi connectivity index (χ1v) is 7.04. The minimum Gasteiger partial charge on any atom is -0.395 e. The predicted octanol–water partition coefficient (Wildman–Crippen LogP) is -0.451. The smallest absolute Gasteiger partial charge is 0.218 e. The second-order valence-corrected chi connectivity index (χ2v) is 6.10. The number of piperidine rings is 1. The van der Waals surface area contributed by atoms with Crippen molar-refractivity contribution in [2.45, 2.75) is 18.1 Å². The lowest BCUT2D eigenvalue weighted by molar-refractivity contribution is 0.258. The number of nitrogens with one attached hydrogen (secondary N) is 1. The van der Waals surface area contributed by atoms with E-state index in [0.717, 1.165) is 13.0 Å². The molecule has 2 N–H and O–H groups in total. The molecule has 94 valence electrons. The van der Waals surface area contributed by atoms with Crippen LogP contribution in [0.15, 0.2) is 12.7 Å². The first-order valence-electron chi connectivity index (χ1n) is 5.54. The molecule has 1 saturated heterocycles. The Labute approximate surface area is 97.2 Å².